The molecule has 1 unspecified atom stereocenters. The van der Waals surface area contributed by atoms with Crippen LogP contribution in [-0.4, -0.2) is 160 Å². The third-order valence-corrected chi connectivity index (χ3v) is 23.3. The Morgan fingerprint density at radius 2 is 0.743 bits per heavy atom. The van der Waals surface area contributed by atoms with Crippen molar-refractivity contribution >= 4 is 139 Å². The third kappa shape index (κ3) is 32.5. The van der Waals surface area contributed by atoms with E-state index >= 15 is 0 Å². The van der Waals surface area contributed by atoms with E-state index in [4.69, 9.17) is 68.1 Å². The van der Waals surface area contributed by atoms with Crippen LogP contribution in [-0.2, 0) is 62.3 Å². The fraction of sp³-hybridized carbons (Fsp3) is 1.00. The number of nitrogens with two attached hydrogens (primary N) is 1. The normalized spacial score (nSPS) is 16.9. The van der Waals surface area contributed by atoms with E-state index in [2.05, 4.69) is 0 Å². The first-order valence-electron chi connectivity index (χ1n) is 10.6. The lowest BCUT2D eigenvalue weighted by Crippen LogP contribution is -2.31. The topological polar surface area (TPSA) is 164 Å². The van der Waals surface area contributed by atoms with Gasteiger partial charge < -0.3 is 68.1 Å². The van der Waals surface area contributed by atoms with Crippen molar-refractivity contribution in [3.05, 3.63) is 0 Å². The summed E-state index contributed by atoms with van der Waals surface area (Å²) in [6, 6.07) is 0.848. The number of hydrogen-bond donors (Lipinski definition) is 1. The molecule has 212 valence electrons. The minimum Gasteiger partial charge on any atom is -0.425 e. The predicted molar refractivity (Wildman–Crippen MR) is 165 cm³/mol. The second kappa shape index (κ2) is 34.4. The number of rotatable bonds is 31. The Labute approximate surface area is 239 Å². The lowest BCUT2D eigenvalue weighted by molar-refractivity contribution is 0.338. The van der Waals surface area contributed by atoms with E-state index in [1.165, 1.54) is 0 Å². The highest BCUT2D eigenvalue weighted by molar-refractivity contribution is 6.58. The summed E-state index contributed by atoms with van der Waals surface area (Å²) in [6.07, 6.45) is 0.869. The second-order valence-electron chi connectivity index (χ2n) is 6.05. The van der Waals surface area contributed by atoms with Crippen molar-refractivity contribution in [2.75, 3.05) is 20.8 Å². The molecule has 0 bridgehead atoms. The van der Waals surface area contributed by atoms with E-state index in [1.54, 1.807) is 14.2 Å². The Bertz CT molecular complexity index is 402. The molecule has 0 radical (unpaired) electrons. The lowest BCUT2D eigenvalue weighted by atomic mass is 10.5. The smallest absolute Gasteiger partial charge is 0.303 e. The molecule has 0 saturated carbocycles. The molecule has 0 aliphatic rings. The molecule has 0 heterocycles. The number of hydrogen-bond acceptors (Lipinski definition) is 16. The molecule has 0 amide bonds. The van der Waals surface area contributed by atoms with E-state index < -0.39 is 139 Å². The molecule has 0 aliphatic carbocycles. The van der Waals surface area contributed by atoms with Gasteiger partial charge in [-0.05, 0) is 19.0 Å². The molecule has 0 aliphatic heterocycles. The van der Waals surface area contributed by atoms with Gasteiger partial charge in [-0.2, -0.15) is 0 Å². The SMILES string of the molecule is CO[SiH2]O[SiH2]O[SiH2]O[SiH2]O[SiH2]O[SiH2]O[SiH2]O[SiH](CCCN)O[SiH2]O[SiH2]O[SiH2]O[SiH2]O[SiH2]O[SiH2]OC. The maximum atomic E-state index is 5.90. The van der Waals surface area contributed by atoms with Crippen molar-refractivity contribution in [1.29, 1.82) is 0 Å². The van der Waals surface area contributed by atoms with Crippen molar-refractivity contribution in [1.82, 2.24) is 0 Å². The first-order valence-corrected chi connectivity index (χ1v) is 27.4. The molecule has 0 saturated heterocycles. The molecule has 0 fully saturated rings. The highest BCUT2D eigenvalue weighted by atomic mass is 28.4. The van der Waals surface area contributed by atoms with Crippen molar-refractivity contribution in [3.63, 3.8) is 0 Å². The van der Waals surface area contributed by atoms with E-state index in [0.717, 1.165) is 12.5 Å². The monoisotopic (exact) mass is 747 g/mol. The molecule has 16 nitrogen and oxygen atoms in total. The molecule has 0 aromatic heterocycles. The van der Waals surface area contributed by atoms with Gasteiger partial charge in [0.25, 0.3) is 130 Å². The quantitative estimate of drug-likeness (QED) is 0.0525. The summed E-state index contributed by atoms with van der Waals surface area (Å²) in [4.78, 5) is 0. The fourth-order valence-corrected chi connectivity index (χ4v) is 26.8. The van der Waals surface area contributed by atoms with Gasteiger partial charge in [0.15, 0.2) is 0 Å². The first kappa shape index (κ1) is 37.4. The summed E-state index contributed by atoms with van der Waals surface area (Å²) in [5, 5.41) is 0. The van der Waals surface area contributed by atoms with Crippen molar-refractivity contribution in [3.8, 4) is 0 Å². The van der Waals surface area contributed by atoms with Crippen LogP contribution in [0.15, 0.2) is 0 Å². The predicted octanol–water partition coefficient (Wildman–Crippen LogP) is -13.0. The molecule has 35 heavy (non-hydrogen) atoms. The summed E-state index contributed by atoms with van der Waals surface area (Å²) in [7, 11) is -11.4. The molecule has 0 aromatic rings. The average Bonchev–Trinajstić information content (AvgIpc) is 2.87. The zero-order valence-electron chi connectivity index (χ0n) is 20.6. The van der Waals surface area contributed by atoms with Crippen LogP contribution in [0.1, 0.15) is 6.42 Å². The van der Waals surface area contributed by atoms with Gasteiger partial charge in [-0.25, -0.2) is 0 Å². The Morgan fingerprint density at radius 1 is 0.457 bits per heavy atom. The van der Waals surface area contributed by atoms with Gasteiger partial charge >= 0.3 is 9.28 Å². The highest BCUT2D eigenvalue weighted by Gasteiger charge is 2.13. The lowest BCUT2D eigenvalue weighted by Gasteiger charge is -2.17. The van der Waals surface area contributed by atoms with Crippen LogP contribution in [0.3, 0.4) is 0 Å². The Morgan fingerprint density at radius 3 is 1.03 bits per heavy atom. The maximum Gasteiger partial charge on any atom is 0.303 e. The zero-order chi connectivity index (χ0) is 25.5. The summed E-state index contributed by atoms with van der Waals surface area (Å²) in [5.41, 5.74) is 5.62. The van der Waals surface area contributed by atoms with Crippen LogP contribution in [0.2, 0.25) is 6.04 Å². The van der Waals surface area contributed by atoms with Crippen molar-refractivity contribution < 1.29 is 62.3 Å². The van der Waals surface area contributed by atoms with Gasteiger partial charge in [0.2, 0.25) is 0 Å². The molecule has 0 rings (SSSR count). The third-order valence-electron chi connectivity index (χ3n) is 3.22. The standard InChI is InChI=1S/C5H41NO15Si14/c1-7-22-9-24-11-26-13-28-15-30-17-32-19-34-21-35(5-3-4-6)20-33-18-31-16-29-14-27-12-25-10-23-8-2/h35H,3-6,22-34H2,1-2H3. The fourth-order valence-electron chi connectivity index (χ4n) is 1.82. The maximum absolute atomic E-state index is 5.90. The summed E-state index contributed by atoms with van der Waals surface area (Å²) >= 11 is 0. The average molecular weight is 749 g/mol. The summed E-state index contributed by atoms with van der Waals surface area (Å²) < 4.78 is 81.5. The van der Waals surface area contributed by atoms with Gasteiger partial charge in [0, 0.05) is 14.2 Å². The Balaban J connectivity index is 3.47. The molecule has 2 N–H and O–H groups in total. The molecular weight excluding hydrogens is 707 g/mol. The van der Waals surface area contributed by atoms with Crippen LogP contribution < -0.4 is 5.73 Å². The van der Waals surface area contributed by atoms with Gasteiger partial charge in [-0.1, -0.05) is 0 Å². The van der Waals surface area contributed by atoms with E-state index in [9.17, 15) is 0 Å². The van der Waals surface area contributed by atoms with Crippen LogP contribution in [0.5, 0.6) is 0 Å². The molecule has 0 spiro atoms. The molecule has 30 heteroatoms. The largest absolute Gasteiger partial charge is 0.425 e. The van der Waals surface area contributed by atoms with E-state index in [1.807, 2.05) is 0 Å². The molecule has 0 aromatic carbocycles. The van der Waals surface area contributed by atoms with Crippen molar-refractivity contribution in [2.45, 2.75) is 12.5 Å². The molecule has 1 atom stereocenters. The van der Waals surface area contributed by atoms with Crippen LogP contribution >= 0.6 is 0 Å². The second-order valence-corrected chi connectivity index (χ2v) is 32.3. The Hall–Kier alpha value is 2.40. The first-order chi connectivity index (χ1) is 17.3. The van der Waals surface area contributed by atoms with Crippen LogP contribution in [0, 0.1) is 0 Å². The highest BCUT2D eigenvalue weighted by Crippen LogP contribution is 2.00. The summed E-state index contributed by atoms with van der Waals surface area (Å²) in [6.45, 7) is 0.611. The van der Waals surface area contributed by atoms with Gasteiger partial charge in [0.05, 0.1) is 0 Å². The van der Waals surface area contributed by atoms with Crippen molar-refractivity contribution in [2.24, 2.45) is 5.73 Å². The zero-order valence-corrected chi connectivity index (χ0v) is 40.1. The Kier molecular flexibility index (Phi) is 36.8. The van der Waals surface area contributed by atoms with Gasteiger partial charge in [-0.15, -0.1) is 0 Å². The minimum absolute atomic E-state index is 0.611. The molecular formula is C5H41NO15Si14. The van der Waals surface area contributed by atoms with E-state index in [-0.39, 0.29) is 0 Å². The van der Waals surface area contributed by atoms with Crippen LogP contribution in [0.4, 0.5) is 0 Å². The van der Waals surface area contributed by atoms with E-state index in [0.29, 0.717) is 6.54 Å². The van der Waals surface area contributed by atoms with Gasteiger partial charge in [-0.3, -0.25) is 0 Å². The minimum atomic E-state index is -1.80. The van der Waals surface area contributed by atoms with Crippen LogP contribution in [0.25, 0.3) is 0 Å². The summed E-state index contributed by atoms with van der Waals surface area (Å²) in [5.74, 6) is 0. The van der Waals surface area contributed by atoms with Gasteiger partial charge in [0.1, 0.15) is 0 Å².